The summed E-state index contributed by atoms with van der Waals surface area (Å²) in [5.74, 6) is 0.724. The SMILES string of the molecule is O=C(O)C1CN(c2nc3ccccc3nc2N2CCCCC2)C1. The Bertz CT molecular complexity index is 736. The van der Waals surface area contributed by atoms with E-state index in [4.69, 9.17) is 15.1 Å². The fraction of sp³-hybridized carbons (Fsp3) is 0.471. The Kier molecular flexibility index (Phi) is 3.52. The van der Waals surface area contributed by atoms with E-state index in [0.717, 1.165) is 35.8 Å². The quantitative estimate of drug-likeness (QED) is 0.936. The predicted octanol–water partition coefficient (Wildman–Crippen LogP) is 2.14. The van der Waals surface area contributed by atoms with Gasteiger partial charge in [-0.05, 0) is 31.4 Å². The molecule has 23 heavy (non-hydrogen) atoms. The van der Waals surface area contributed by atoms with Gasteiger partial charge in [0.15, 0.2) is 11.6 Å². The maximum Gasteiger partial charge on any atom is 0.310 e. The molecule has 6 nitrogen and oxygen atoms in total. The molecule has 1 aromatic carbocycles. The lowest BCUT2D eigenvalue weighted by molar-refractivity contribution is -0.142. The summed E-state index contributed by atoms with van der Waals surface area (Å²) in [6.07, 6.45) is 3.61. The molecule has 0 atom stereocenters. The zero-order chi connectivity index (χ0) is 15.8. The Labute approximate surface area is 134 Å². The molecule has 0 unspecified atom stereocenters. The van der Waals surface area contributed by atoms with Crippen LogP contribution in [0, 0.1) is 5.92 Å². The summed E-state index contributed by atoms with van der Waals surface area (Å²) in [6.45, 7) is 3.03. The molecule has 6 heteroatoms. The minimum absolute atomic E-state index is 0.294. The number of benzene rings is 1. The Morgan fingerprint density at radius 1 is 0.957 bits per heavy atom. The lowest BCUT2D eigenvalue weighted by atomic mass is 10.0. The van der Waals surface area contributed by atoms with E-state index in [0.29, 0.717) is 13.1 Å². The summed E-state index contributed by atoms with van der Waals surface area (Å²) < 4.78 is 0. The molecule has 2 aromatic rings. The van der Waals surface area contributed by atoms with E-state index in [1.807, 2.05) is 29.2 Å². The van der Waals surface area contributed by atoms with Crippen molar-refractivity contribution in [3.63, 3.8) is 0 Å². The molecule has 2 aliphatic heterocycles. The second-order valence-electron chi connectivity index (χ2n) is 6.35. The van der Waals surface area contributed by atoms with Crippen LogP contribution in [0.5, 0.6) is 0 Å². The average molecular weight is 312 g/mol. The number of piperidine rings is 1. The summed E-state index contributed by atoms with van der Waals surface area (Å²) in [5.41, 5.74) is 1.76. The third kappa shape index (κ3) is 2.58. The number of carboxylic acids is 1. The highest BCUT2D eigenvalue weighted by Crippen LogP contribution is 2.34. The van der Waals surface area contributed by atoms with Crippen LogP contribution in [0.2, 0.25) is 0 Å². The molecule has 0 bridgehead atoms. The van der Waals surface area contributed by atoms with Crippen LogP contribution in [-0.2, 0) is 4.79 Å². The van der Waals surface area contributed by atoms with Crippen molar-refractivity contribution in [1.82, 2.24) is 9.97 Å². The maximum absolute atomic E-state index is 11.1. The van der Waals surface area contributed by atoms with Crippen LogP contribution >= 0.6 is 0 Å². The second kappa shape index (κ2) is 5.68. The Balaban J connectivity index is 1.72. The number of aromatic nitrogens is 2. The van der Waals surface area contributed by atoms with Crippen molar-refractivity contribution in [3.8, 4) is 0 Å². The van der Waals surface area contributed by atoms with E-state index in [1.54, 1.807) is 0 Å². The Morgan fingerprint density at radius 2 is 1.52 bits per heavy atom. The fourth-order valence-corrected chi connectivity index (χ4v) is 3.32. The van der Waals surface area contributed by atoms with Gasteiger partial charge in [-0.25, -0.2) is 9.97 Å². The van der Waals surface area contributed by atoms with Gasteiger partial charge in [0.2, 0.25) is 0 Å². The number of carbonyl (C=O) groups is 1. The van der Waals surface area contributed by atoms with Crippen molar-refractivity contribution in [2.45, 2.75) is 19.3 Å². The zero-order valence-electron chi connectivity index (χ0n) is 13.0. The first-order valence-corrected chi connectivity index (χ1v) is 8.22. The van der Waals surface area contributed by atoms with Crippen molar-refractivity contribution in [1.29, 1.82) is 0 Å². The molecule has 0 amide bonds. The average Bonchev–Trinajstić information content (AvgIpc) is 2.53. The molecule has 1 N–H and O–H groups in total. The molecule has 2 fully saturated rings. The standard InChI is InChI=1S/C17H20N4O2/c22-17(23)12-10-21(11-12)16-15(20-8-4-1-5-9-20)18-13-6-2-3-7-14(13)19-16/h2-3,6-7,12H,1,4-5,8-11H2,(H,22,23). The van der Waals surface area contributed by atoms with Crippen molar-refractivity contribution >= 4 is 28.6 Å². The number of anilines is 2. The van der Waals surface area contributed by atoms with Gasteiger partial charge in [-0.15, -0.1) is 0 Å². The van der Waals surface area contributed by atoms with Crippen LogP contribution in [0.3, 0.4) is 0 Å². The smallest absolute Gasteiger partial charge is 0.310 e. The van der Waals surface area contributed by atoms with Crippen LogP contribution in [0.4, 0.5) is 11.6 Å². The molecule has 3 heterocycles. The summed E-state index contributed by atoms with van der Waals surface area (Å²) in [4.78, 5) is 25.1. The molecule has 120 valence electrons. The molecule has 4 rings (SSSR count). The van der Waals surface area contributed by atoms with E-state index < -0.39 is 5.97 Å². The van der Waals surface area contributed by atoms with Crippen LogP contribution in [0.25, 0.3) is 11.0 Å². The van der Waals surface area contributed by atoms with Crippen molar-refractivity contribution in [2.75, 3.05) is 36.0 Å². The Morgan fingerprint density at radius 3 is 2.09 bits per heavy atom. The lowest BCUT2D eigenvalue weighted by Crippen LogP contribution is -2.51. The van der Waals surface area contributed by atoms with Gasteiger partial charge in [0.25, 0.3) is 0 Å². The van der Waals surface area contributed by atoms with Gasteiger partial charge in [0, 0.05) is 26.2 Å². The van der Waals surface area contributed by atoms with E-state index >= 15 is 0 Å². The molecular formula is C17H20N4O2. The van der Waals surface area contributed by atoms with E-state index in [-0.39, 0.29) is 5.92 Å². The largest absolute Gasteiger partial charge is 0.481 e. The van der Waals surface area contributed by atoms with Crippen LogP contribution in [0.1, 0.15) is 19.3 Å². The summed E-state index contributed by atoms with van der Waals surface area (Å²) in [7, 11) is 0. The first kappa shape index (κ1) is 14.2. The highest BCUT2D eigenvalue weighted by Gasteiger charge is 2.36. The number of hydrogen-bond donors (Lipinski definition) is 1. The maximum atomic E-state index is 11.1. The van der Waals surface area contributed by atoms with Crippen LogP contribution in [0.15, 0.2) is 24.3 Å². The van der Waals surface area contributed by atoms with Crippen LogP contribution in [-0.4, -0.2) is 47.2 Å². The molecule has 0 radical (unpaired) electrons. The third-order valence-electron chi connectivity index (χ3n) is 4.72. The minimum atomic E-state index is -0.727. The number of nitrogens with zero attached hydrogens (tertiary/aromatic N) is 4. The van der Waals surface area contributed by atoms with Gasteiger partial charge in [-0.1, -0.05) is 12.1 Å². The molecule has 1 aromatic heterocycles. The van der Waals surface area contributed by atoms with Gasteiger partial charge < -0.3 is 14.9 Å². The number of para-hydroxylation sites is 2. The first-order valence-electron chi connectivity index (χ1n) is 8.22. The van der Waals surface area contributed by atoms with Gasteiger partial charge in [0.1, 0.15) is 0 Å². The van der Waals surface area contributed by atoms with Crippen LogP contribution < -0.4 is 9.80 Å². The zero-order valence-corrected chi connectivity index (χ0v) is 13.0. The van der Waals surface area contributed by atoms with E-state index in [1.165, 1.54) is 19.3 Å². The predicted molar refractivity (Wildman–Crippen MR) is 88.9 cm³/mol. The fourth-order valence-electron chi connectivity index (χ4n) is 3.32. The summed E-state index contributed by atoms with van der Waals surface area (Å²) in [5, 5.41) is 9.11. The van der Waals surface area contributed by atoms with Gasteiger partial charge >= 0.3 is 5.97 Å². The first-order chi connectivity index (χ1) is 11.2. The molecule has 2 aliphatic rings. The Hall–Kier alpha value is -2.37. The topological polar surface area (TPSA) is 69.6 Å². The summed E-state index contributed by atoms with van der Waals surface area (Å²) in [6, 6.07) is 7.87. The molecule has 0 spiro atoms. The minimum Gasteiger partial charge on any atom is -0.481 e. The number of hydrogen-bond acceptors (Lipinski definition) is 5. The highest BCUT2D eigenvalue weighted by molar-refractivity contribution is 5.82. The molecule has 0 saturated carbocycles. The van der Waals surface area contributed by atoms with Crippen molar-refractivity contribution in [3.05, 3.63) is 24.3 Å². The number of aliphatic carboxylic acids is 1. The highest BCUT2D eigenvalue weighted by atomic mass is 16.4. The number of rotatable bonds is 3. The normalized spacial score (nSPS) is 19.0. The molecule has 0 aliphatic carbocycles. The van der Waals surface area contributed by atoms with Gasteiger partial charge in [0.05, 0.1) is 17.0 Å². The third-order valence-corrected chi connectivity index (χ3v) is 4.72. The van der Waals surface area contributed by atoms with Crippen molar-refractivity contribution in [2.24, 2.45) is 5.92 Å². The van der Waals surface area contributed by atoms with E-state index in [2.05, 4.69) is 4.90 Å². The number of carboxylic acid groups (broad SMARTS) is 1. The summed E-state index contributed by atoms with van der Waals surface area (Å²) >= 11 is 0. The lowest BCUT2D eigenvalue weighted by Gasteiger charge is -2.40. The van der Waals surface area contributed by atoms with Crippen molar-refractivity contribution < 1.29 is 9.90 Å². The second-order valence-corrected chi connectivity index (χ2v) is 6.35. The monoisotopic (exact) mass is 312 g/mol. The molecule has 2 saturated heterocycles. The van der Waals surface area contributed by atoms with E-state index in [9.17, 15) is 4.79 Å². The molecular weight excluding hydrogens is 292 g/mol. The van der Waals surface area contributed by atoms with Gasteiger partial charge in [-0.3, -0.25) is 4.79 Å². The number of fused-ring (bicyclic) bond motifs is 1. The van der Waals surface area contributed by atoms with Gasteiger partial charge in [-0.2, -0.15) is 0 Å².